The number of hydrogen-bond acceptors (Lipinski definition) is 4. The van der Waals surface area contributed by atoms with Crippen LogP contribution in [0.1, 0.15) is 12.0 Å². The molecule has 26 heavy (non-hydrogen) atoms. The first-order valence-electron chi connectivity index (χ1n) is 8.16. The van der Waals surface area contributed by atoms with E-state index in [0.29, 0.717) is 5.82 Å². The molecule has 0 saturated heterocycles. The standard InChI is InChI=1S/C19H19N3O3S/c1-14-5-4-11-20-19(14)22-18(23)10-12-21-26(24,25)17-9-8-15-6-2-3-7-16(15)13-17/h2-9,11,13,21H,10,12H2,1H3,(H,20,22,23). The van der Waals surface area contributed by atoms with Crippen molar-refractivity contribution >= 4 is 32.5 Å². The van der Waals surface area contributed by atoms with E-state index < -0.39 is 10.0 Å². The molecule has 0 aliphatic carbocycles. The normalized spacial score (nSPS) is 11.4. The van der Waals surface area contributed by atoms with Crippen molar-refractivity contribution in [3.8, 4) is 0 Å². The Balaban J connectivity index is 1.61. The van der Waals surface area contributed by atoms with Crippen molar-refractivity contribution in [3.05, 3.63) is 66.4 Å². The van der Waals surface area contributed by atoms with Gasteiger partial charge < -0.3 is 5.32 Å². The number of fused-ring (bicyclic) bond motifs is 1. The van der Waals surface area contributed by atoms with Gasteiger partial charge in [0.25, 0.3) is 0 Å². The molecule has 3 aromatic rings. The second-order valence-corrected chi connectivity index (χ2v) is 7.64. The van der Waals surface area contributed by atoms with Gasteiger partial charge in [-0.3, -0.25) is 4.79 Å². The Bertz CT molecular complexity index is 1050. The van der Waals surface area contributed by atoms with Crippen molar-refractivity contribution in [1.82, 2.24) is 9.71 Å². The van der Waals surface area contributed by atoms with Gasteiger partial charge in [0.05, 0.1) is 4.90 Å². The first kappa shape index (κ1) is 18.0. The van der Waals surface area contributed by atoms with Gasteiger partial charge in [-0.05, 0) is 41.5 Å². The van der Waals surface area contributed by atoms with E-state index in [1.807, 2.05) is 37.3 Å². The largest absolute Gasteiger partial charge is 0.310 e. The average Bonchev–Trinajstić information content (AvgIpc) is 2.63. The SMILES string of the molecule is Cc1cccnc1NC(=O)CCNS(=O)(=O)c1ccc2ccccc2c1. The lowest BCUT2D eigenvalue weighted by Gasteiger charge is -2.09. The zero-order valence-corrected chi connectivity index (χ0v) is 15.1. The third-order valence-corrected chi connectivity index (χ3v) is 5.40. The molecule has 2 N–H and O–H groups in total. The summed E-state index contributed by atoms with van der Waals surface area (Å²) in [7, 11) is -3.67. The fourth-order valence-corrected chi connectivity index (χ4v) is 3.59. The summed E-state index contributed by atoms with van der Waals surface area (Å²) >= 11 is 0. The van der Waals surface area contributed by atoms with Crippen LogP contribution in [0.25, 0.3) is 10.8 Å². The molecular formula is C19H19N3O3S. The summed E-state index contributed by atoms with van der Waals surface area (Å²) in [4.78, 5) is 16.2. The number of carbonyl (C=O) groups is 1. The van der Waals surface area contributed by atoms with E-state index in [9.17, 15) is 13.2 Å². The number of benzene rings is 2. The third kappa shape index (κ3) is 4.25. The van der Waals surface area contributed by atoms with Gasteiger partial charge in [0, 0.05) is 19.2 Å². The number of rotatable bonds is 6. The molecule has 0 aliphatic rings. The van der Waals surface area contributed by atoms with Crippen molar-refractivity contribution in [2.75, 3.05) is 11.9 Å². The summed E-state index contributed by atoms with van der Waals surface area (Å²) in [6.07, 6.45) is 1.61. The van der Waals surface area contributed by atoms with Crippen LogP contribution in [0.15, 0.2) is 65.7 Å². The van der Waals surface area contributed by atoms with Gasteiger partial charge >= 0.3 is 0 Å². The first-order chi connectivity index (χ1) is 12.5. The van der Waals surface area contributed by atoms with Crippen LogP contribution in [0.2, 0.25) is 0 Å². The lowest BCUT2D eigenvalue weighted by Crippen LogP contribution is -2.28. The van der Waals surface area contributed by atoms with Gasteiger partial charge in [0.15, 0.2) is 0 Å². The van der Waals surface area contributed by atoms with Crippen molar-refractivity contribution in [2.24, 2.45) is 0 Å². The molecular weight excluding hydrogens is 350 g/mol. The van der Waals surface area contributed by atoms with Gasteiger partial charge in [-0.1, -0.05) is 36.4 Å². The molecule has 0 radical (unpaired) electrons. The van der Waals surface area contributed by atoms with Gasteiger partial charge in [0.2, 0.25) is 15.9 Å². The summed E-state index contributed by atoms with van der Waals surface area (Å²) in [6.45, 7) is 1.85. The predicted octanol–water partition coefficient (Wildman–Crippen LogP) is 2.85. The second kappa shape index (κ2) is 7.63. The van der Waals surface area contributed by atoms with Gasteiger partial charge in [-0.2, -0.15) is 0 Å². The van der Waals surface area contributed by atoms with Crippen LogP contribution in [0.4, 0.5) is 5.82 Å². The molecule has 6 nitrogen and oxygen atoms in total. The minimum Gasteiger partial charge on any atom is -0.310 e. The molecule has 0 saturated carbocycles. The summed E-state index contributed by atoms with van der Waals surface area (Å²) in [5.74, 6) is 0.183. The number of carbonyl (C=O) groups excluding carboxylic acids is 1. The second-order valence-electron chi connectivity index (χ2n) is 5.87. The first-order valence-corrected chi connectivity index (χ1v) is 9.64. The molecule has 0 unspecified atom stereocenters. The molecule has 1 heterocycles. The highest BCUT2D eigenvalue weighted by atomic mass is 32.2. The van der Waals surface area contributed by atoms with E-state index >= 15 is 0 Å². The Labute approximate surface area is 152 Å². The van der Waals surface area contributed by atoms with Crippen LogP contribution < -0.4 is 10.0 Å². The molecule has 1 aromatic heterocycles. The van der Waals surface area contributed by atoms with Gasteiger partial charge in [0.1, 0.15) is 5.82 Å². The summed E-state index contributed by atoms with van der Waals surface area (Å²) < 4.78 is 27.3. The predicted molar refractivity (Wildman–Crippen MR) is 101 cm³/mol. The topological polar surface area (TPSA) is 88.2 Å². The van der Waals surface area contributed by atoms with Crippen molar-refractivity contribution in [3.63, 3.8) is 0 Å². The fourth-order valence-electron chi connectivity index (χ4n) is 2.53. The maximum absolute atomic E-state index is 12.4. The Morgan fingerprint density at radius 3 is 2.58 bits per heavy atom. The highest BCUT2D eigenvalue weighted by Gasteiger charge is 2.15. The summed E-state index contributed by atoms with van der Waals surface area (Å²) in [5, 5.41) is 4.49. The van der Waals surface area contributed by atoms with Gasteiger partial charge in [-0.25, -0.2) is 18.1 Å². The molecule has 0 atom stereocenters. The minimum atomic E-state index is -3.67. The number of pyridine rings is 1. The van der Waals surface area contributed by atoms with E-state index in [1.165, 1.54) is 0 Å². The van der Waals surface area contributed by atoms with Crippen LogP contribution in [-0.4, -0.2) is 25.9 Å². The Hall–Kier alpha value is -2.77. The maximum Gasteiger partial charge on any atom is 0.240 e. The van der Waals surface area contributed by atoms with E-state index in [1.54, 1.807) is 30.5 Å². The Morgan fingerprint density at radius 1 is 1.04 bits per heavy atom. The monoisotopic (exact) mass is 369 g/mol. The van der Waals surface area contributed by atoms with Crippen molar-refractivity contribution < 1.29 is 13.2 Å². The number of nitrogens with zero attached hydrogens (tertiary/aromatic N) is 1. The van der Waals surface area contributed by atoms with Crippen LogP contribution in [0, 0.1) is 6.92 Å². The van der Waals surface area contributed by atoms with Crippen molar-refractivity contribution in [2.45, 2.75) is 18.2 Å². The van der Waals surface area contributed by atoms with Crippen molar-refractivity contribution in [1.29, 1.82) is 0 Å². The number of nitrogens with one attached hydrogen (secondary N) is 2. The number of amides is 1. The highest BCUT2D eigenvalue weighted by molar-refractivity contribution is 7.89. The van der Waals surface area contributed by atoms with E-state index in [-0.39, 0.29) is 23.8 Å². The number of sulfonamides is 1. The minimum absolute atomic E-state index is 0.00682. The van der Waals surface area contributed by atoms with Gasteiger partial charge in [-0.15, -0.1) is 0 Å². The lowest BCUT2D eigenvalue weighted by atomic mass is 10.1. The molecule has 0 fully saturated rings. The number of aromatic nitrogens is 1. The van der Waals surface area contributed by atoms with E-state index in [2.05, 4.69) is 15.0 Å². The quantitative estimate of drug-likeness (QED) is 0.699. The highest BCUT2D eigenvalue weighted by Crippen LogP contribution is 2.18. The molecule has 3 rings (SSSR count). The molecule has 0 aliphatic heterocycles. The van der Waals surface area contributed by atoms with Crippen LogP contribution >= 0.6 is 0 Å². The number of hydrogen-bond donors (Lipinski definition) is 2. The lowest BCUT2D eigenvalue weighted by molar-refractivity contribution is -0.116. The molecule has 7 heteroatoms. The Morgan fingerprint density at radius 2 is 1.81 bits per heavy atom. The summed E-state index contributed by atoms with van der Waals surface area (Å²) in [6, 6.07) is 16.1. The zero-order valence-electron chi connectivity index (χ0n) is 14.3. The maximum atomic E-state index is 12.4. The molecule has 0 spiro atoms. The average molecular weight is 369 g/mol. The van der Waals surface area contributed by atoms with E-state index in [0.717, 1.165) is 16.3 Å². The number of aryl methyl sites for hydroxylation is 1. The molecule has 1 amide bonds. The molecule has 2 aromatic carbocycles. The third-order valence-electron chi connectivity index (χ3n) is 3.94. The van der Waals surface area contributed by atoms with Crippen LogP contribution in [-0.2, 0) is 14.8 Å². The van der Waals surface area contributed by atoms with Crippen LogP contribution in [0.3, 0.4) is 0 Å². The van der Waals surface area contributed by atoms with Crippen LogP contribution in [0.5, 0.6) is 0 Å². The smallest absolute Gasteiger partial charge is 0.240 e. The van der Waals surface area contributed by atoms with E-state index in [4.69, 9.17) is 0 Å². The summed E-state index contributed by atoms with van der Waals surface area (Å²) in [5.41, 5.74) is 0.845. The number of anilines is 1. The Kier molecular flexibility index (Phi) is 5.29. The molecule has 134 valence electrons. The molecule has 0 bridgehead atoms. The fraction of sp³-hybridized carbons (Fsp3) is 0.158. The zero-order chi connectivity index (χ0) is 18.6.